The third-order valence-electron chi connectivity index (χ3n) is 3.28. The monoisotopic (exact) mass is 298 g/mol. The molecule has 0 spiro atoms. The quantitative estimate of drug-likeness (QED) is 0.643. The van der Waals surface area contributed by atoms with Gasteiger partial charge >= 0.3 is 0 Å². The van der Waals surface area contributed by atoms with Gasteiger partial charge in [0.1, 0.15) is 6.04 Å². The minimum absolute atomic E-state index is 0.295. The molecule has 110 valence electrons. The van der Waals surface area contributed by atoms with Crippen molar-refractivity contribution in [2.75, 3.05) is 13.1 Å². The molecule has 0 unspecified atom stereocenters. The third-order valence-corrected chi connectivity index (χ3v) is 4.20. The summed E-state index contributed by atoms with van der Waals surface area (Å²) in [6.45, 7) is 15.2. The Morgan fingerprint density at radius 2 is 2.19 bits per heavy atom. The van der Waals surface area contributed by atoms with E-state index >= 15 is 0 Å². The first kappa shape index (κ1) is 17.3. The van der Waals surface area contributed by atoms with Gasteiger partial charge < -0.3 is 0 Å². The lowest BCUT2D eigenvalue weighted by atomic mass is 10.0. The molecule has 0 aromatic heterocycles. The Labute approximate surface area is 132 Å². The molecule has 0 bridgehead atoms. The van der Waals surface area contributed by atoms with Crippen LogP contribution in [0.25, 0.3) is 0 Å². The lowest BCUT2D eigenvalue weighted by molar-refractivity contribution is 0.275. The van der Waals surface area contributed by atoms with Crippen LogP contribution in [0.2, 0.25) is 0 Å². The second kappa shape index (κ2) is 9.23. The summed E-state index contributed by atoms with van der Waals surface area (Å²) in [6.07, 6.45) is 10.5. The molecule has 0 amide bonds. The molecule has 0 radical (unpaired) electrons. The normalized spacial score (nSPS) is 17.9. The second-order valence-corrected chi connectivity index (χ2v) is 5.71. The molecule has 0 saturated heterocycles. The molecule has 0 aromatic rings. The van der Waals surface area contributed by atoms with Gasteiger partial charge in [-0.1, -0.05) is 50.1 Å². The van der Waals surface area contributed by atoms with Gasteiger partial charge in [-0.3, -0.25) is 4.90 Å². The summed E-state index contributed by atoms with van der Waals surface area (Å²) in [5.74, 6) is 0. The maximum absolute atomic E-state index is 9.47. The summed E-state index contributed by atoms with van der Waals surface area (Å²) >= 11 is 1.65. The van der Waals surface area contributed by atoms with Gasteiger partial charge in [0.25, 0.3) is 0 Å². The van der Waals surface area contributed by atoms with E-state index in [1.165, 1.54) is 10.5 Å². The first-order chi connectivity index (χ1) is 10.2. The van der Waals surface area contributed by atoms with Gasteiger partial charge in [-0.2, -0.15) is 5.26 Å². The van der Waals surface area contributed by atoms with Crippen molar-refractivity contribution in [3.8, 4) is 6.07 Å². The lowest BCUT2D eigenvalue weighted by Gasteiger charge is -2.32. The predicted octanol–water partition coefficient (Wildman–Crippen LogP) is 4.59. The number of hydrogen-bond donors (Lipinski definition) is 0. The first-order valence-corrected chi connectivity index (χ1v) is 7.79. The molecule has 1 atom stereocenters. The van der Waals surface area contributed by atoms with E-state index in [9.17, 15) is 5.26 Å². The van der Waals surface area contributed by atoms with Crippen LogP contribution in [-0.2, 0) is 0 Å². The fourth-order valence-electron chi connectivity index (χ4n) is 2.21. The first-order valence-electron chi connectivity index (χ1n) is 6.91. The van der Waals surface area contributed by atoms with Gasteiger partial charge in [0.2, 0.25) is 0 Å². The van der Waals surface area contributed by atoms with Crippen LogP contribution in [0, 0.1) is 11.3 Å². The van der Waals surface area contributed by atoms with Crippen LogP contribution in [0.5, 0.6) is 0 Å². The van der Waals surface area contributed by atoms with Crippen molar-refractivity contribution >= 4 is 11.8 Å². The molecule has 2 nitrogen and oxygen atoms in total. The van der Waals surface area contributed by atoms with Crippen LogP contribution >= 0.6 is 11.8 Å². The number of allylic oxidation sites excluding steroid dienone is 3. The zero-order chi connectivity index (χ0) is 15.7. The van der Waals surface area contributed by atoms with Gasteiger partial charge in [0.15, 0.2) is 0 Å². The minimum Gasteiger partial charge on any atom is -0.280 e. The zero-order valence-electron chi connectivity index (χ0n) is 12.6. The summed E-state index contributed by atoms with van der Waals surface area (Å²) in [5.41, 5.74) is 2.00. The van der Waals surface area contributed by atoms with Crippen LogP contribution in [0.15, 0.2) is 71.6 Å². The predicted molar refractivity (Wildman–Crippen MR) is 93.7 cm³/mol. The van der Waals surface area contributed by atoms with Crippen molar-refractivity contribution in [3.05, 3.63) is 71.6 Å². The van der Waals surface area contributed by atoms with Crippen LogP contribution in [0.1, 0.15) is 13.3 Å². The van der Waals surface area contributed by atoms with Crippen LogP contribution in [-0.4, -0.2) is 24.0 Å². The van der Waals surface area contributed by atoms with E-state index < -0.39 is 0 Å². The van der Waals surface area contributed by atoms with Crippen LogP contribution in [0.3, 0.4) is 0 Å². The summed E-state index contributed by atoms with van der Waals surface area (Å²) in [6, 6.07) is 2.06. The molecule has 1 rings (SSSR count). The summed E-state index contributed by atoms with van der Waals surface area (Å²) in [4.78, 5) is 3.44. The minimum atomic E-state index is -0.295. The van der Waals surface area contributed by atoms with Gasteiger partial charge in [0.05, 0.1) is 6.07 Å². The molecule has 0 aromatic carbocycles. The molecule has 0 fully saturated rings. The number of nitriles is 1. The number of nitrogens with zero attached hydrogens (tertiary/aromatic N) is 2. The molecule has 1 heterocycles. The highest BCUT2D eigenvalue weighted by Crippen LogP contribution is 2.30. The molecule has 3 heteroatoms. The Kier molecular flexibility index (Phi) is 7.60. The van der Waals surface area contributed by atoms with E-state index in [-0.39, 0.29) is 6.04 Å². The molecule has 21 heavy (non-hydrogen) atoms. The van der Waals surface area contributed by atoms with E-state index in [0.29, 0.717) is 0 Å². The maximum Gasteiger partial charge on any atom is 0.123 e. The van der Waals surface area contributed by atoms with Crippen LogP contribution in [0.4, 0.5) is 0 Å². The molecular weight excluding hydrogens is 276 g/mol. The van der Waals surface area contributed by atoms with E-state index in [0.717, 1.165) is 25.1 Å². The van der Waals surface area contributed by atoms with Gasteiger partial charge in [-0.15, -0.1) is 11.8 Å². The smallest absolute Gasteiger partial charge is 0.123 e. The maximum atomic E-state index is 9.47. The molecule has 0 aliphatic carbocycles. The fourth-order valence-corrected chi connectivity index (χ4v) is 2.92. The molecule has 1 aliphatic heterocycles. The van der Waals surface area contributed by atoms with E-state index in [2.05, 4.69) is 30.7 Å². The van der Waals surface area contributed by atoms with Gasteiger partial charge in [0, 0.05) is 13.1 Å². The van der Waals surface area contributed by atoms with Crippen molar-refractivity contribution in [3.63, 3.8) is 0 Å². The third kappa shape index (κ3) is 4.93. The lowest BCUT2D eigenvalue weighted by Crippen LogP contribution is -2.39. The van der Waals surface area contributed by atoms with E-state index in [1.807, 2.05) is 42.7 Å². The number of thioether (sulfide) groups is 1. The van der Waals surface area contributed by atoms with Crippen molar-refractivity contribution < 1.29 is 0 Å². The highest BCUT2D eigenvalue weighted by Gasteiger charge is 2.24. The van der Waals surface area contributed by atoms with Crippen LogP contribution < -0.4 is 0 Å². The Morgan fingerprint density at radius 1 is 1.43 bits per heavy atom. The van der Waals surface area contributed by atoms with Gasteiger partial charge in [-0.05, 0) is 34.8 Å². The Balaban J connectivity index is 2.85. The molecule has 1 aliphatic rings. The second-order valence-electron chi connectivity index (χ2n) is 4.65. The Hall–Kier alpha value is -1.76. The fraction of sp³-hybridized carbons (Fsp3) is 0.278. The average Bonchev–Trinajstić information content (AvgIpc) is 2.49. The molecule has 0 saturated carbocycles. The topological polar surface area (TPSA) is 27.0 Å². The number of hydrogen-bond acceptors (Lipinski definition) is 3. The average molecular weight is 298 g/mol. The Morgan fingerprint density at radius 3 is 2.76 bits per heavy atom. The Bertz CT molecular complexity index is 532. The largest absolute Gasteiger partial charge is 0.280 e. The van der Waals surface area contributed by atoms with Crippen molar-refractivity contribution in [1.29, 1.82) is 5.26 Å². The number of rotatable bonds is 7. The van der Waals surface area contributed by atoms with Crippen molar-refractivity contribution in [1.82, 2.24) is 4.90 Å². The molecule has 0 N–H and O–H groups in total. The SMILES string of the molecule is C=CSC1=C(C=C)CN([C@H](C#N)C(=C)/C=C\C=C/C)CC1. The molecular formula is C18H22N2S. The summed E-state index contributed by atoms with van der Waals surface area (Å²) < 4.78 is 0. The van der Waals surface area contributed by atoms with Crippen molar-refractivity contribution in [2.45, 2.75) is 19.4 Å². The van der Waals surface area contributed by atoms with E-state index in [1.54, 1.807) is 11.8 Å². The summed E-state index contributed by atoms with van der Waals surface area (Å²) in [7, 11) is 0. The summed E-state index contributed by atoms with van der Waals surface area (Å²) in [5, 5.41) is 11.3. The zero-order valence-corrected chi connectivity index (χ0v) is 13.4. The highest BCUT2D eigenvalue weighted by molar-refractivity contribution is 8.05. The standard InChI is InChI=1S/C18H22N2S/c1-5-8-9-10-15(4)17(13-19)20-12-11-18(21-7-3)16(6-2)14-20/h5-10,17H,2-4,11-12,14H2,1H3/b8-5-,10-9-/t17-/m1/s1. The van der Waals surface area contributed by atoms with Gasteiger partial charge in [-0.25, -0.2) is 0 Å². The van der Waals surface area contributed by atoms with Crippen molar-refractivity contribution in [2.24, 2.45) is 0 Å². The van der Waals surface area contributed by atoms with E-state index in [4.69, 9.17) is 0 Å². The highest BCUT2D eigenvalue weighted by atomic mass is 32.2.